The molecule has 1 aromatic heterocycles. The average molecular weight is 225 g/mol. The quantitative estimate of drug-likeness (QED) is 0.833. The van der Waals surface area contributed by atoms with Gasteiger partial charge in [0, 0.05) is 11.8 Å². The highest BCUT2D eigenvalue weighted by Gasteiger charge is 2.12. The van der Waals surface area contributed by atoms with Crippen molar-refractivity contribution in [3.8, 4) is 0 Å². The molecule has 2 heterocycles. The summed E-state index contributed by atoms with van der Waals surface area (Å²) in [4.78, 5) is 20.5. The zero-order valence-corrected chi connectivity index (χ0v) is 9.13. The molecule has 1 aliphatic heterocycles. The second-order valence-corrected chi connectivity index (χ2v) is 4.24. The van der Waals surface area contributed by atoms with Crippen LogP contribution < -0.4 is 5.32 Å². The fraction of sp³-hybridized carbons (Fsp3) is 0.444. The largest absolute Gasteiger partial charge is 0.395 e. The Labute approximate surface area is 91.1 Å². The third-order valence-corrected chi connectivity index (χ3v) is 2.75. The Morgan fingerprint density at radius 1 is 1.73 bits per heavy atom. The molecule has 0 radical (unpaired) electrons. The van der Waals surface area contributed by atoms with Gasteiger partial charge in [-0.1, -0.05) is 5.16 Å². The van der Waals surface area contributed by atoms with Crippen LogP contribution in [0.5, 0.6) is 0 Å². The summed E-state index contributed by atoms with van der Waals surface area (Å²) in [7, 11) is 0. The maximum Gasteiger partial charge on any atom is 0.271 e. The molecule has 1 N–H and O–H groups in total. The number of amides is 1. The summed E-state index contributed by atoms with van der Waals surface area (Å²) >= 11 is 1.46. The van der Waals surface area contributed by atoms with Gasteiger partial charge in [0.25, 0.3) is 5.91 Å². The molecule has 0 aliphatic carbocycles. The Balaban J connectivity index is 1.87. The minimum absolute atomic E-state index is 0.158. The summed E-state index contributed by atoms with van der Waals surface area (Å²) in [6.07, 6.45) is 0.788. The molecular formula is C9H11N3O2S. The molecule has 5 nitrogen and oxygen atoms in total. The number of oxime groups is 1. The van der Waals surface area contributed by atoms with Crippen LogP contribution in [0.25, 0.3) is 0 Å². The van der Waals surface area contributed by atoms with E-state index in [1.165, 1.54) is 11.3 Å². The number of carbonyl (C=O) groups is 1. The lowest BCUT2D eigenvalue weighted by Gasteiger charge is -2.00. The third kappa shape index (κ3) is 2.53. The lowest BCUT2D eigenvalue weighted by molar-refractivity contribution is 0.0954. The van der Waals surface area contributed by atoms with Gasteiger partial charge >= 0.3 is 0 Å². The van der Waals surface area contributed by atoms with E-state index in [0.29, 0.717) is 18.8 Å². The van der Waals surface area contributed by atoms with Crippen LogP contribution in [-0.2, 0) is 4.84 Å². The van der Waals surface area contributed by atoms with Crippen molar-refractivity contribution in [2.24, 2.45) is 5.16 Å². The van der Waals surface area contributed by atoms with Crippen LogP contribution in [0.2, 0.25) is 0 Å². The topological polar surface area (TPSA) is 63.6 Å². The van der Waals surface area contributed by atoms with Gasteiger partial charge in [-0.25, -0.2) is 4.98 Å². The van der Waals surface area contributed by atoms with E-state index in [4.69, 9.17) is 4.84 Å². The molecule has 0 aromatic carbocycles. The van der Waals surface area contributed by atoms with Gasteiger partial charge in [-0.3, -0.25) is 4.79 Å². The van der Waals surface area contributed by atoms with Crippen LogP contribution in [-0.4, -0.2) is 29.8 Å². The molecule has 80 valence electrons. The summed E-state index contributed by atoms with van der Waals surface area (Å²) in [6.45, 7) is 2.92. The maximum atomic E-state index is 11.6. The van der Waals surface area contributed by atoms with Gasteiger partial charge in [0.05, 0.1) is 17.3 Å². The second-order valence-electron chi connectivity index (χ2n) is 3.18. The van der Waals surface area contributed by atoms with Crippen molar-refractivity contribution in [2.45, 2.75) is 13.3 Å². The van der Waals surface area contributed by atoms with E-state index >= 15 is 0 Å². The standard InChI is InChI=1S/C9H11N3O2S/c1-6-11-8(5-15-6)9(13)10-4-7-2-3-14-12-7/h5H,2-4H2,1H3,(H,10,13). The molecule has 2 rings (SSSR count). The average Bonchev–Trinajstić information content (AvgIpc) is 2.84. The molecule has 0 unspecified atom stereocenters. The van der Waals surface area contributed by atoms with E-state index < -0.39 is 0 Å². The van der Waals surface area contributed by atoms with Crippen molar-refractivity contribution in [3.63, 3.8) is 0 Å². The molecule has 0 bridgehead atoms. The van der Waals surface area contributed by atoms with Gasteiger partial charge < -0.3 is 10.2 Å². The first-order valence-corrected chi connectivity index (χ1v) is 5.52. The van der Waals surface area contributed by atoms with Crippen LogP contribution in [0.4, 0.5) is 0 Å². The second kappa shape index (κ2) is 4.39. The maximum absolute atomic E-state index is 11.6. The number of aromatic nitrogens is 1. The lowest BCUT2D eigenvalue weighted by atomic mass is 10.3. The Hall–Kier alpha value is -1.43. The summed E-state index contributed by atoms with van der Waals surface area (Å²) in [5, 5.41) is 9.18. The lowest BCUT2D eigenvalue weighted by Crippen LogP contribution is -2.29. The van der Waals surface area contributed by atoms with Gasteiger partial charge in [0.15, 0.2) is 0 Å². The van der Waals surface area contributed by atoms with Crippen LogP contribution in [0.3, 0.4) is 0 Å². The van der Waals surface area contributed by atoms with E-state index in [-0.39, 0.29) is 5.91 Å². The smallest absolute Gasteiger partial charge is 0.271 e. The Morgan fingerprint density at radius 2 is 2.60 bits per heavy atom. The first-order valence-electron chi connectivity index (χ1n) is 4.64. The fourth-order valence-corrected chi connectivity index (χ4v) is 1.80. The molecule has 0 spiro atoms. The highest BCUT2D eigenvalue weighted by atomic mass is 32.1. The van der Waals surface area contributed by atoms with E-state index in [1.54, 1.807) is 5.38 Å². The number of aryl methyl sites for hydroxylation is 1. The van der Waals surface area contributed by atoms with E-state index in [0.717, 1.165) is 17.1 Å². The van der Waals surface area contributed by atoms with Crippen LogP contribution >= 0.6 is 11.3 Å². The Bertz CT molecular complexity index is 400. The van der Waals surface area contributed by atoms with Crippen molar-refractivity contribution in [1.82, 2.24) is 10.3 Å². The number of nitrogens with zero attached hydrogens (tertiary/aromatic N) is 2. The number of rotatable bonds is 3. The molecule has 0 fully saturated rings. The third-order valence-electron chi connectivity index (χ3n) is 1.98. The summed E-state index contributed by atoms with van der Waals surface area (Å²) in [6, 6.07) is 0. The highest BCUT2D eigenvalue weighted by Crippen LogP contribution is 2.07. The van der Waals surface area contributed by atoms with Gasteiger partial charge in [-0.15, -0.1) is 11.3 Å². The van der Waals surface area contributed by atoms with Gasteiger partial charge in [-0.2, -0.15) is 0 Å². The van der Waals surface area contributed by atoms with E-state index in [2.05, 4.69) is 15.5 Å². The van der Waals surface area contributed by atoms with Crippen LogP contribution in [0, 0.1) is 6.92 Å². The van der Waals surface area contributed by atoms with Crippen LogP contribution in [0.1, 0.15) is 21.9 Å². The van der Waals surface area contributed by atoms with Crippen LogP contribution in [0.15, 0.2) is 10.5 Å². The predicted molar refractivity (Wildman–Crippen MR) is 57.2 cm³/mol. The number of hydrogen-bond acceptors (Lipinski definition) is 5. The Morgan fingerprint density at radius 3 is 3.20 bits per heavy atom. The molecular weight excluding hydrogens is 214 g/mol. The first-order chi connectivity index (χ1) is 7.25. The summed E-state index contributed by atoms with van der Waals surface area (Å²) in [5.74, 6) is -0.158. The van der Waals surface area contributed by atoms with Gasteiger partial charge in [0.2, 0.25) is 0 Å². The highest BCUT2D eigenvalue weighted by molar-refractivity contribution is 7.09. The molecule has 0 atom stereocenters. The number of carbonyl (C=O) groups excluding carboxylic acids is 1. The Kier molecular flexibility index (Phi) is 2.96. The molecule has 15 heavy (non-hydrogen) atoms. The molecule has 0 saturated carbocycles. The number of nitrogens with one attached hydrogen (secondary N) is 1. The van der Waals surface area contributed by atoms with Crippen molar-refractivity contribution >= 4 is 23.0 Å². The number of thiazole rings is 1. The molecule has 6 heteroatoms. The first kappa shape index (κ1) is 10.1. The summed E-state index contributed by atoms with van der Waals surface area (Å²) < 4.78 is 0. The monoisotopic (exact) mass is 225 g/mol. The van der Waals surface area contributed by atoms with Crippen molar-refractivity contribution in [3.05, 3.63) is 16.1 Å². The minimum Gasteiger partial charge on any atom is -0.395 e. The van der Waals surface area contributed by atoms with E-state index in [9.17, 15) is 4.79 Å². The molecule has 0 saturated heterocycles. The minimum atomic E-state index is -0.158. The van der Waals surface area contributed by atoms with Crippen molar-refractivity contribution < 1.29 is 9.63 Å². The zero-order valence-electron chi connectivity index (χ0n) is 8.32. The van der Waals surface area contributed by atoms with E-state index in [1.807, 2.05) is 6.92 Å². The molecule has 1 aliphatic rings. The van der Waals surface area contributed by atoms with Crippen molar-refractivity contribution in [2.75, 3.05) is 13.2 Å². The SMILES string of the molecule is Cc1nc(C(=O)NCC2=NOCC2)cs1. The zero-order chi connectivity index (χ0) is 10.7. The molecule has 1 amide bonds. The van der Waals surface area contributed by atoms with Gasteiger partial charge in [0.1, 0.15) is 12.3 Å². The fourth-order valence-electron chi connectivity index (χ4n) is 1.21. The normalized spacial score (nSPS) is 14.6. The summed E-state index contributed by atoms with van der Waals surface area (Å²) in [5.41, 5.74) is 1.34. The van der Waals surface area contributed by atoms with Gasteiger partial charge in [-0.05, 0) is 6.92 Å². The number of hydrogen-bond donors (Lipinski definition) is 1. The van der Waals surface area contributed by atoms with Crippen molar-refractivity contribution in [1.29, 1.82) is 0 Å². The molecule has 1 aromatic rings. The predicted octanol–water partition coefficient (Wildman–Crippen LogP) is 0.958.